The van der Waals surface area contributed by atoms with Gasteiger partial charge in [0.05, 0.1) is 0 Å². The zero-order chi connectivity index (χ0) is 13.1. The lowest BCUT2D eigenvalue weighted by Gasteiger charge is -2.12. The van der Waals surface area contributed by atoms with Gasteiger partial charge < -0.3 is 5.32 Å². The molecule has 0 amide bonds. The van der Waals surface area contributed by atoms with E-state index in [1.54, 1.807) is 0 Å². The van der Waals surface area contributed by atoms with Crippen LogP contribution in [0.4, 0.5) is 5.69 Å². The Bertz CT molecular complexity index is 559. The average molecular weight is 304 g/mol. The summed E-state index contributed by atoms with van der Waals surface area (Å²) >= 11 is 3.62. The lowest BCUT2D eigenvalue weighted by Crippen LogP contribution is -2.02. The van der Waals surface area contributed by atoms with E-state index < -0.39 is 0 Å². The average Bonchev–Trinajstić information content (AvgIpc) is 2.35. The van der Waals surface area contributed by atoms with Gasteiger partial charge in [-0.15, -0.1) is 0 Å². The van der Waals surface area contributed by atoms with E-state index in [2.05, 4.69) is 78.4 Å². The second-order valence-corrected chi connectivity index (χ2v) is 5.51. The Morgan fingerprint density at radius 2 is 1.78 bits per heavy atom. The lowest BCUT2D eigenvalue weighted by molar-refractivity contribution is 1.11. The van der Waals surface area contributed by atoms with Gasteiger partial charge in [0.15, 0.2) is 0 Å². The third-order valence-corrected chi connectivity index (χ3v) is 4.22. The number of rotatable bonds is 3. The van der Waals surface area contributed by atoms with E-state index in [0.29, 0.717) is 0 Å². The Morgan fingerprint density at radius 1 is 1.00 bits per heavy atom. The number of halogens is 1. The maximum Gasteiger partial charge on any atom is 0.0490 e. The zero-order valence-electron chi connectivity index (χ0n) is 11.0. The number of anilines is 1. The molecule has 0 aliphatic heterocycles. The fourth-order valence-corrected chi connectivity index (χ4v) is 2.37. The fraction of sp³-hybridized carbons (Fsp3) is 0.250. The topological polar surface area (TPSA) is 12.0 Å². The maximum absolute atomic E-state index is 3.62. The van der Waals surface area contributed by atoms with Gasteiger partial charge in [-0.05, 0) is 59.5 Å². The van der Waals surface area contributed by atoms with Crippen LogP contribution in [0.25, 0.3) is 0 Å². The Hall–Kier alpha value is -1.28. The van der Waals surface area contributed by atoms with Crippen LogP contribution < -0.4 is 5.32 Å². The van der Waals surface area contributed by atoms with Crippen molar-refractivity contribution >= 4 is 21.6 Å². The van der Waals surface area contributed by atoms with Crippen LogP contribution in [0.2, 0.25) is 0 Å². The van der Waals surface area contributed by atoms with E-state index in [4.69, 9.17) is 0 Å². The number of hydrogen-bond donors (Lipinski definition) is 1. The summed E-state index contributed by atoms with van der Waals surface area (Å²) in [6.45, 7) is 7.25. The first-order valence-corrected chi connectivity index (χ1v) is 6.92. The maximum atomic E-state index is 3.62. The molecule has 0 spiro atoms. The van der Waals surface area contributed by atoms with Gasteiger partial charge in [0.1, 0.15) is 0 Å². The molecule has 0 fully saturated rings. The number of aryl methyl sites for hydroxylation is 3. The molecular formula is C16H18BrN. The van der Waals surface area contributed by atoms with Crippen molar-refractivity contribution in [2.45, 2.75) is 27.3 Å². The summed E-state index contributed by atoms with van der Waals surface area (Å²) in [5.41, 5.74) is 6.39. The van der Waals surface area contributed by atoms with E-state index in [9.17, 15) is 0 Å². The fourth-order valence-electron chi connectivity index (χ4n) is 1.97. The van der Waals surface area contributed by atoms with Crippen molar-refractivity contribution in [1.29, 1.82) is 0 Å². The molecule has 0 aliphatic rings. The van der Waals surface area contributed by atoms with Crippen molar-refractivity contribution in [3.63, 3.8) is 0 Å². The Kier molecular flexibility index (Phi) is 4.07. The first-order chi connectivity index (χ1) is 8.58. The van der Waals surface area contributed by atoms with Crippen LogP contribution in [-0.2, 0) is 6.54 Å². The summed E-state index contributed by atoms with van der Waals surface area (Å²) in [6, 6.07) is 12.9. The summed E-state index contributed by atoms with van der Waals surface area (Å²) in [5.74, 6) is 0. The summed E-state index contributed by atoms with van der Waals surface area (Å²) < 4.78 is 1.15. The van der Waals surface area contributed by atoms with E-state index >= 15 is 0 Å². The van der Waals surface area contributed by atoms with Gasteiger partial charge in [0.2, 0.25) is 0 Å². The second kappa shape index (κ2) is 5.57. The van der Waals surface area contributed by atoms with E-state index in [0.717, 1.165) is 16.7 Å². The molecule has 0 unspecified atom stereocenters. The largest absolute Gasteiger partial charge is 0.380 e. The van der Waals surface area contributed by atoms with Crippen LogP contribution in [-0.4, -0.2) is 0 Å². The van der Waals surface area contributed by atoms with Crippen LogP contribution in [0.5, 0.6) is 0 Å². The third kappa shape index (κ3) is 2.94. The molecule has 0 atom stereocenters. The third-order valence-electron chi connectivity index (χ3n) is 3.17. The van der Waals surface area contributed by atoms with E-state index in [1.807, 2.05) is 0 Å². The molecule has 0 heterocycles. The van der Waals surface area contributed by atoms with Crippen LogP contribution in [0.15, 0.2) is 40.9 Å². The molecule has 2 heteroatoms. The molecule has 0 saturated heterocycles. The van der Waals surface area contributed by atoms with Crippen LogP contribution in [0.3, 0.4) is 0 Å². The van der Waals surface area contributed by atoms with Gasteiger partial charge in [-0.2, -0.15) is 0 Å². The smallest absolute Gasteiger partial charge is 0.0490 e. The van der Waals surface area contributed by atoms with Crippen molar-refractivity contribution in [3.05, 3.63) is 63.1 Å². The standard InChI is InChI=1S/C16H18BrN/c1-11-7-8-12(2)14(9-11)10-18-15-6-4-5-13(3)16(15)17/h4-9,18H,10H2,1-3H3. The van der Waals surface area contributed by atoms with Gasteiger partial charge >= 0.3 is 0 Å². The molecule has 0 radical (unpaired) electrons. The predicted octanol–water partition coefficient (Wildman–Crippen LogP) is 4.99. The molecule has 1 N–H and O–H groups in total. The molecular weight excluding hydrogens is 286 g/mol. The quantitative estimate of drug-likeness (QED) is 0.842. The van der Waals surface area contributed by atoms with Crippen molar-refractivity contribution < 1.29 is 0 Å². The molecule has 2 aromatic carbocycles. The summed E-state index contributed by atoms with van der Waals surface area (Å²) in [4.78, 5) is 0. The highest BCUT2D eigenvalue weighted by Crippen LogP contribution is 2.26. The number of nitrogens with one attached hydrogen (secondary N) is 1. The molecule has 0 saturated carbocycles. The highest BCUT2D eigenvalue weighted by atomic mass is 79.9. The monoisotopic (exact) mass is 303 g/mol. The minimum absolute atomic E-state index is 0.857. The highest BCUT2D eigenvalue weighted by Gasteiger charge is 2.03. The Balaban J connectivity index is 2.16. The van der Waals surface area contributed by atoms with Crippen LogP contribution in [0.1, 0.15) is 22.3 Å². The van der Waals surface area contributed by atoms with Crippen LogP contribution in [0, 0.1) is 20.8 Å². The van der Waals surface area contributed by atoms with Gasteiger partial charge in [-0.3, -0.25) is 0 Å². The molecule has 0 aromatic heterocycles. The molecule has 1 nitrogen and oxygen atoms in total. The molecule has 2 rings (SSSR count). The number of hydrogen-bond acceptors (Lipinski definition) is 1. The zero-order valence-corrected chi connectivity index (χ0v) is 12.6. The SMILES string of the molecule is Cc1ccc(C)c(CNc2cccc(C)c2Br)c1. The van der Waals surface area contributed by atoms with Gasteiger partial charge in [-0.25, -0.2) is 0 Å². The van der Waals surface area contributed by atoms with Gasteiger partial charge in [0, 0.05) is 16.7 Å². The van der Waals surface area contributed by atoms with E-state index in [-0.39, 0.29) is 0 Å². The minimum atomic E-state index is 0.857. The minimum Gasteiger partial charge on any atom is -0.380 e. The Morgan fingerprint density at radius 3 is 2.56 bits per heavy atom. The van der Waals surface area contributed by atoms with Crippen molar-refractivity contribution in [1.82, 2.24) is 0 Å². The summed E-state index contributed by atoms with van der Waals surface area (Å²) in [7, 11) is 0. The molecule has 94 valence electrons. The van der Waals surface area contributed by atoms with Gasteiger partial charge in [-0.1, -0.05) is 35.9 Å². The molecule has 0 bridgehead atoms. The first kappa shape index (κ1) is 13.2. The highest BCUT2D eigenvalue weighted by molar-refractivity contribution is 9.10. The first-order valence-electron chi connectivity index (χ1n) is 6.13. The summed E-state index contributed by atoms with van der Waals surface area (Å²) in [5, 5.41) is 3.49. The van der Waals surface area contributed by atoms with Crippen molar-refractivity contribution in [2.24, 2.45) is 0 Å². The Labute approximate surface area is 117 Å². The van der Waals surface area contributed by atoms with Crippen molar-refractivity contribution in [2.75, 3.05) is 5.32 Å². The van der Waals surface area contributed by atoms with Crippen LogP contribution >= 0.6 is 15.9 Å². The number of benzene rings is 2. The molecule has 18 heavy (non-hydrogen) atoms. The second-order valence-electron chi connectivity index (χ2n) is 4.72. The summed E-state index contributed by atoms with van der Waals surface area (Å²) in [6.07, 6.45) is 0. The lowest BCUT2D eigenvalue weighted by atomic mass is 10.1. The normalized spacial score (nSPS) is 10.4. The van der Waals surface area contributed by atoms with E-state index in [1.165, 1.54) is 22.3 Å². The predicted molar refractivity (Wildman–Crippen MR) is 82.1 cm³/mol. The molecule has 2 aromatic rings. The van der Waals surface area contributed by atoms with Crippen molar-refractivity contribution in [3.8, 4) is 0 Å². The van der Waals surface area contributed by atoms with Gasteiger partial charge in [0.25, 0.3) is 0 Å². The molecule has 0 aliphatic carbocycles.